The third-order valence-electron chi connectivity index (χ3n) is 10.6. The summed E-state index contributed by atoms with van der Waals surface area (Å²) in [7, 11) is -11.0. The minimum atomic E-state index is -5.48. The highest BCUT2D eigenvalue weighted by Crippen LogP contribution is 2.60. The minimum absolute atomic E-state index is 0.0128. The molecule has 0 bridgehead atoms. The lowest BCUT2D eigenvalue weighted by atomic mass is 10.0. The van der Waals surface area contributed by atoms with Gasteiger partial charge < -0.3 is 50.2 Å². The van der Waals surface area contributed by atoms with Gasteiger partial charge in [0.1, 0.15) is 30.7 Å². The Morgan fingerprint density at radius 1 is 0.779 bits per heavy atom. The predicted octanol–water partition coefficient (Wildman–Crippen LogP) is 6.79. The quantitative estimate of drug-likeness (QED) is 0.0156. The number of ether oxygens (including phenoxy) is 3. The normalized spacial score (nSPS) is 20.9. The van der Waals surface area contributed by atoms with Crippen molar-refractivity contribution in [3.05, 3.63) is 71.4 Å². The molecular formula is C46H77N3O17P2. The number of nitrogens with zero attached hydrogens (tertiary/aromatic N) is 2. The van der Waals surface area contributed by atoms with Crippen molar-refractivity contribution in [3.63, 3.8) is 0 Å². The zero-order valence-corrected chi connectivity index (χ0v) is 41.6. The summed E-state index contributed by atoms with van der Waals surface area (Å²) in [6.45, 7) is 3.95. The molecule has 20 nitrogen and oxygen atoms in total. The summed E-state index contributed by atoms with van der Waals surface area (Å²) in [5.41, 5.74) is 4.55. The van der Waals surface area contributed by atoms with E-state index in [1.54, 1.807) is 6.08 Å². The summed E-state index contributed by atoms with van der Waals surface area (Å²) in [6.07, 6.45) is 19.8. The lowest BCUT2D eigenvalue weighted by molar-refractivity contribution is -0.161. The summed E-state index contributed by atoms with van der Waals surface area (Å²) < 4.78 is 56.4. The van der Waals surface area contributed by atoms with Gasteiger partial charge in [0.2, 0.25) is 0 Å². The topological polar surface area (TPSA) is 306 Å². The molecule has 9 atom stereocenters. The molecule has 0 aliphatic carbocycles. The van der Waals surface area contributed by atoms with Crippen LogP contribution in [0.5, 0.6) is 0 Å². The van der Waals surface area contributed by atoms with Crippen molar-refractivity contribution in [2.75, 3.05) is 25.6 Å². The molecule has 1 saturated heterocycles. The van der Waals surface area contributed by atoms with Crippen molar-refractivity contribution in [1.82, 2.24) is 9.55 Å². The fourth-order valence-corrected chi connectivity index (χ4v) is 8.87. The molecule has 0 amide bonds. The van der Waals surface area contributed by atoms with E-state index in [0.717, 1.165) is 62.1 Å². The average Bonchev–Trinajstić information content (AvgIpc) is 3.55. The molecule has 68 heavy (non-hydrogen) atoms. The van der Waals surface area contributed by atoms with Gasteiger partial charge in [-0.3, -0.25) is 23.2 Å². The van der Waals surface area contributed by atoms with Crippen LogP contribution >= 0.6 is 15.6 Å². The maximum Gasteiger partial charge on any atom is 0.481 e. The molecule has 0 saturated carbocycles. The largest absolute Gasteiger partial charge is 0.481 e. The monoisotopic (exact) mass is 1010 g/mol. The number of phosphoric ester groups is 2. The number of aromatic nitrogens is 2. The zero-order valence-electron chi connectivity index (χ0n) is 39.8. The van der Waals surface area contributed by atoms with Gasteiger partial charge in [0.15, 0.2) is 12.3 Å². The van der Waals surface area contributed by atoms with Crippen molar-refractivity contribution in [3.8, 4) is 0 Å². The van der Waals surface area contributed by atoms with Crippen LogP contribution in [0.15, 0.2) is 65.7 Å². The van der Waals surface area contributed by atoms with Crippen LogP contribution < -0.4 is 11.4 Å². The van der Waals surface area contributed by atoms with Crippen LogP contribution in [0.3, 0.4) is 0 Å². The third-order valence-corrected chi connectivity index (χ3v) is 13.2. The van der Waals surface area contributed by atoms with E-state index < -0.39 is 95.9 Å². The highest BCUT2D eigenvalue weighted by Gasteiger charge is 2.46. The van der Waals surface area contributed by atoms with Crippen molar-refractivity contribution in [2.24, 2.45) is 5.92 Å². The number of carbonyl (C=O) groups excluding carboxylic acids is 2. The standard InChI is InChI=1S/C46H77N3O17P2/c1-4-5-6-7-8-9-10-11-12-16-19-22-26-37(50)38(51)27-24-29-41(52)61-32-36(64-42(53)28-23-20-17-14-13-15-18-21-25-35(2)3)33-62-67(57,58)66-68(59,60)63-34-39-43(54)44(55)45(65-39)49-31-30-40(47)48-46(49)56/h5-6,8-9,11-12,19,22,30-31,35-39,43-45,50-51,54-55H,4,7,10,13-18,20-21,23-29,32-34H2,1-3H3,(H,57,58)(H,59,60)(H2,47,48,56)/b6-5-,9-8-,12-11-,22-19-/t36-,37+,38+,39-,43-,44-,45-/m1/s1. The van der Waals surface area contributed by atoms with Crippen molar-refractivity contribution in [1.29, 1.82) is 0 Å². The Bertz CT molecular complexity index is 1880. The van der Waals surface area contributed by atoms with Gasteiger partial charge in [-0.15, -0.1) is 0 Å². The lowest BCUT2D eigenvalue weighted by Crippen LogP contribution is -2.36. The van der Waals surface area contributed by atoms with E-state index in [1.807, 2.05) is 18.2 Å². The van der Waals surface area contributed by atoms with Crippen LogP contribution in [0.4, 0.5) is 5.82 Å². The molecule has 1 aromatic rings. The molecular weight excluding hydrogens is 928 g/mol. The number of aliphatic hydroxyl groups is 4. The van der Waals surface area contributed by atoms with Gasteiger partial charge in [-0.2, -0.15) is 9.29 Å². The molecule has 388 valence electrons. The molecule has 2 rings (SSSR count). The number of esters is 2. The Hall–Kier alpha value is -3.36. The summed E-state index contributed by atoms with van der Waals surface area (Å²) in [4.78, 5) is 61.8. The van der Waals surface area contributed by atoms with E-state index in [4.69, 9.17) is 29.0 Å². The molecule has 2 unspecified atom stereocenters. The van der Waals surface area contributed by atoms with E-state index in [2.05, 4.69) is 54.4 Å². The maximum absolute atomic E-state index is 12.8. The van der Waals surface area contributed by atoms with E-state index >= 15 is 0 Å². The molecule has 1 fully saturated rings. The van der Waals surface area contributed by atoms with E-state index in [0.29, 0.717) is 18.8 Å². The fraction of sp³-hybridized carbons (Fsp3) is 0.696. The van der Waals surface area contributed by atoms with E-state index in [9.17, 15) is 53.7 Å². The Labute approximate surface area is 400 Å². The van der Waals surface area contributed by atoms with Crippen LogP contribution in [0, 0.1) is 5.92 Å². The van der Waals surface area contributed by atoms with Crippen molar-refractivity contribution >= 4 is 33.4 Å². The van der Waals surface area contributed by atoms with Crippen LogP contribution in [0.1, 0.15) is 143 Å². The zero-order chi connectivity index (χ0) is 50.4. The number of hydrogen-bond donors (Lipinski definition) is 7. The van der Waals surface area contributed by atoms with Gasteiger partial charge in [-0.05, 0) is 63.4 Å². The second-order valence-corrected chi connectivity index (χ2v) is 20.1. The number of nitrogen functional groups attached to an aromatic ring is 1. The molecule has 1 aromatic heterocycles. The lowest BCUT2D eigenvalue weighted by Gasteiger charge is -2.21. The Balaban J connectivity index is 1.88. The number of nitrogens with two attached hydrogens (primary N) is 1. The number of aliphatic hydroxyl groups excluding tert-OH is 4. The fourth-order valence-electron chi connectivity index (χ4n) is 6.76. The summed E-state index contributed by atoms with van der Waals surface area (Å²) >= 11 is 0. The highest BCUT2D eigenvalue weighted by atomic mass is 31.3. The molecule has 0 spiro atoms. The molecule has 0 aromatic carbocycles. The number of carbonyl (C=O) groups is 2. The number of phosphoric acid groups is 2. The summed E-state index contributed by atoms with van der Waals surface area (Å²) in [5, 5.41) is 41.7. The van der Waals surface area contributed by atoms with Crippen LogP contribution in [0.2, 0.25) is 0 Å². The Morgan fingerprint density at radius 2 is 1.35 bits per heavy atom. The minimum Gasteiger partial charge on any atom is -0.462 e. The smallest absolute Gasteiger partial charge is 0.462 e. The molecule has 8 N–H and O–H groups in total. The van der Waals surface area contributed by atoms with Crippen molar-refractivity contribution < 1.29 is 76.5 Å². The van der Waals surface area contributed by atoms with Crippen molar-refractivity contribution in [2.45, 2.75) is 179 Å². The molecule has 1 aliphatic rings. The average molecular weight is 1010 g/mol. The van der Waals surface area contributed by atoms with Gasteiger partial charge in [-0.25, -0.2) is 13.9 Å². The first kappa shape index (κ1) is 60.8. The second kappa shape index (κ2) is 34.0. The molecule has 22 heteroatoms. The van der Waals surface area contributed by atoms with E-state index in [1.165, 1.54) is 25.3 Å². The first-order valence-electron chi connectivity index (χ1n) is 23.7. The number of hydrogen-bond acceptors (Lipinski definition) is 17. The first-order valence-corrected chi connectivity index (χ1v) is 26.7. The summed E-state index contributed by atoms with van der Waals surface area (Å²) in [5.74, 6) is -0.915. The van der Waals surface area contributed by atoms with Gasteiger partial charge in [0.05, 0.1) is 25.4 Å². The van der Waals surface area contributed by atoms with Gasteiger partial charge in [0.25, 0.3) is 0 Å². The number of rotatable bonds is 37. The molecule has 1 aliphatic heterocycles. The number of unbranched alkanes of at least 4 members (excludes halogenated alkanes) is 7. The van der Waals surface area contributed by atoms with Gasteiger partial charge >= 0.3 is 33.3 Å². The third kappa shape index (κ3) is 27.1. The number of anilines is 1. The maximum atomic E-state index is 12.8. The Kier molecular flexibility index (Phi) is 30.4. The predicted molar refractivity (Wildman–Crippen MR) is 255 cm³/mol. The second-order valence-electron chi connectivity index (χ2n) is 17.0. The van der Waals surface area contributed by atoms with E-state index in [-0.39, 0.29) is 37.9 Å². The summed E-state index contributed by atoms with van der Waals surface area (Å²) in [6, 6.07) is 1.23. The highest BCUT2D eigenvalue weighted by molar-refractivity contribution is 7.61. The van der Waals surface area contributed by atoms with Gasteiger partial charge in [0, 0.05) is 19.0 Å². The Morgan fingerprint density at radius 3 is 1.97 bits per heavy atom. The van der Waals surface area contributed by atoms with Crippen LogP contribution in [-0.4, -0.2) is 108 Å². The van der Waals surface area contributed by atoms with Crippen LogP contribution in [-0.2, 0) is 46.3 Å². The molecule has 0 radical (unpaired) electrons. The SMILES string of the molecule is CC/C=C\C/C=C\C/C=C\C/C=C\C[C@H](O)[C@@H](O)CCCC(=O)OC[C@H](COP(=O)(O)OP(=O)(O)OC[C@H]1O[C@@H](n2ccc(N)nc2=O)[C@H](O)[C@@H]1O)OC(=O)CCCCCCCCCCC(C)C. The number of allylic oxidation sites excluding steroid dienone is 7. The van der Waals surface area contributed by atoms with Crippen LogP contribution in [0.25, 0.3) is 0 Å². The van der Waals surface area contributed by atoms with Gasteiger partial charge in [-0.1, -0.05) is 121 Å². The molecule has 2 heterocycles. The first-order chi connectivity index (χ1) is 32.3.